The second kappa shape index (κ2) is 5.52. The molecule has 1 amide bonds. The van der Waals surface area contributed by atoms with Crippen molar-refractivity contribution in [3.05, 3.63) is 59.4 Å². The molecular weight excluding hydrogens is 238 g/mol. The third-order valence-electron chi connectivity index (χ3n) is 2.92. The monoisotopic (exact) mass is 255 g/mol. The Morgan fingerprint density at radius 3 is 2.79 bits per heavy atom. The zero-order chi connectivity index (χ0) is 13.8. The van der Waals surface area contributed by atoms with E-state index in [4.69, 9.17) is 5.73 Å². The van der Waals surface area contributed by atoms with Crippen molar-refractivity contribution in [3.63, 3.8) is 0 Å². The molecule has 2 aromatic rings. The van der Waals surface area contributed by atoms with Gasteiger partial charge in [0.05, 0.1) is 6.04 Å². The number of carbonyl (C=O) groups excluding carboxylic acids is 1. The van der Waals surface area contributed by atoms with Gasteiger partial charge in [0.2, 0.25) is 0 Å². The number of hydrogen-bond donors (Lipinski definition) is 2. The molecule has 0 aliphatic rings. The van der Waals surface area contributed by atoms with Crippen LogP contribution in [0.4, 0.5) is 5.69 Å². The van der Waals surface area contributed by atoms with Crippen LogP contribution in [0.5, 0.6) is 0 Å². The Morgan fingerprint density at radius 1 is 1.32 bits per heavy atom. The van der Waals surface area contributed by atoms with Gasteiger partial charge in [-0.05, 0) is 43.7 Å². The molecule has 0 radical (unpaired) electrons. The van der Waals surface area contributed by atoms with Crippen molar-refractivity contribution < 1.29 is 4.79 Å². The highest BCUT2D eigenvalue weighted by atomic mass is 16.1. The van der Waals surface area contributed by atoms with Crippen molar-refractivity contribution >= 4 is 11.6 Å². The summed E-state index contributed by atoms with van der Waals surface area (Å²) < 4.78 is 0. The summed E-state index contributed by atoms with van der Waals surface area (Å²) in [5.41, 5.74) is 8.85. The molecule has 98 valence electrons. The van der Waals surface area contributed by atoms with Gasteiger partial charge in [0.15, 0.2) is 0 Å². The van der Waals surface area contributed by atoms with Crippen molar-refractivity contribution in [3.8, 4) is 0 Å². The summed E-state index contributed by atoms with van der Waals surface area (Å²) in [6, 6.07) is 10.9. The van der Waals surface area contributed by atoms with E-state index >= 15 is 0 Å². The molecule has 4 heteroatoms. The van der Waals surface area contributed by atoms with Gasteiger partial charge in [-0.15, -0.1) is 0 Å². The van der Waals surface area contributed by atoms with E-state index in [2.05, 4.69) is 10.3 Å². The lowest BCUT2D eigenvalue weighted by molar-refractivity contribution is 0.0939. The second-order valence-corrected chi connectivity index (χ2v) is 4.55. The van der Waals surface area contributed by atoms with Gasteiger partial charge in [-0.25, -0.2) is 0 Å². The molecule has 0 saturated carbocycles. The van der Waals surface area contributed by atoms with E-state index in [0.29, 0.717) is 11.3 Å². The molecule has 1 aromatic carbocycles. The Hall–Kier alpha value is -2.36. The molecule has 19 heavy (non-hydrogen) atoms. The predicted molar refractivity (Wildman–Crippen MR) is 75.7 cm³/mol. The zero-order valence-electron chi connectivity index (χ0n) is 11.1. The first-order chi connectivity index (χ1) is 9.06. The van der Waals surface area contributed by atoms with Gasteiger partial charge >= 0.3 is 0 Å². The minimum atomic E-state index is -0.111. The van der Waals surface area contributed by atoms with Gasteiger partial charge in [0, 0.05) is 23.1 Å². The molecule has 0 saturated heterocycles. The number of nitrogen functional groups attached to an aromatic ring is 1. The number of aromatic nitrogens is 1. The van der Waals surface area contributed by atoms with E-state index in [1.54, 1.807) is 18.3 Å². The van der Waals surface area contributed by atoms with Crippen molar-refractivity contribution in [2.45, 2.75) is 19.9 Å². The standard InChI is InChI=1S/C15H17N3O/c1-10-8-13(6-7-17-10)15(19)18-11(2)12-4-3-5-14(16)9-12/h3-9,11H,16H2,1-2H3,(H,18,19). The number of nitrogens with two attached hydrogens (primary N) is 1. The van der Waals surface area contributed by atoms with E-state index in [1.807, 2.05) is 38.1 Å². The largest absolute Gasteiger partial charge is 0.399 e. The number of benzene rings is 1. The van der Waals surface area contributed by atoms with Crippen LogP contribution in [-0.2, 0) is 0 Å². The summed E-state index contributed by atoms with van der Waals surface area (Å²) in [6.07, 6.45) is 1.63. The number of aryl methyl sites for hydroxylation is 1. The van der Waals surface area contributed by atoms with Crippen molar-refractivity contribution in [1.29, 1.82) is 0 Å². The zero-order valence-corrected chi connectivity index (χ0v) is 11.1. The maximum Gasteiger partial charge on any atom is 0.251 e. The topological polar surface area (TPSA) is 68.0 Å². The molecule has 0 bridgehead atoms. The van der Waals surface area contributed by atoms with E-state index in [0.717, 1.165) is 11.3 Å². The SMILES string of the molecule is Cc1cc(C(=O)NC(C)c2cccc(N)c2)ccn1. The van der Waals surface area contributed by atoms with Crippen LogP contribution >= 0.6 is 0 Å². The van der Waals surface area contributed by atoms with E-state index in [-0.39, 0.29) is 11.9 Å². The van der Waals surface area contributed by atoms with Gasteiger partial charge < -0.3 is 11.1 Å². The van der Waals surface area contributed by atoms with Crippen LogP contribution in [0.1, 0.15) is 34.6 Å². The second-order valence-electron chi connectivity index (χ2n) is 4.55. The smallest absolute Gasteiger partial charge is 0.251 e. The molecule has 0 spiro atoms. The Morgan fingerprint density at radius 2 is 2.11 bits per heavy atom. The maximum absolute atomic E-state index is 12.1. The number of nitrogens with one attached hydrogen (secondary N) is 1. The van der Waals surface area contributed by atoms with Crippen LogP contribution in [0.2, 0.25) is 0 Å². The summed E-state index contributed by atoms with van der Waals surface area (Å²) >= 11 is 0. The highest BCUT2D eigenvalue weighted by Gasteiger charge is 2.11. The number of anilines is 1. The minimum absolute atomic E-state index is 0.0931. The van der Waals surface area contributed by atoms with Gasteiger partial charge in [0.25, 0.3) is 5.91 Å². The van der Waals surface area contributed by atoms with Crippen LogP contribution in [0.3, 0.4) is 0 Å². The highest BCUT2D eigenvalue weighted by molar-refractivity contribution is 5.94. The molecule has 0 aliphatic carbocycles. The van der Waals surface area contributed by atoms with Crippen molar-refractivity contribution in [2.75, 3.05) is 5.73 Å². The normalized spacial score (nSPS) is 11.9. The lowest BCUT2D eigenvalue weighted by atomic mass is 10.1. The van der Waals surface area contributed by atoms with Crippen LogP contribution in [0.15, 0.2) is 42.6 Å². The fourth-order valence-electron chi connectivity index (χ4n) is 1.88. The molecule has 2 rings (SSSR count). The average Bonchev–Trinajstić information content (AvgIpc) is 2.38. The maximum atomic E-state index is 12.1. The fraction of sp³-hybridized carbons (Fsp3) is 0.200. The number of pyridine rings is 1. The summed E-state index contributed by atoms with van der Waals surface area (Å²) in [5.74, 6) is -0.111. The van der Waals surface area contributed by atoms with Crippen LogP contribution in [0.25, 0.3) is 0 Å². The number of nitrogens with zero attached hydrogens (tertiary/aromatic N) is 1. The van der Waals surface area contributed by atoms with Gasteiger partial charge in [-0.3, -0.25) is 9.78 Å². The molecule has 4 nitrogen and oxygen atoms in total. The number of carbonyl (C=O) groups is 1. The first-order valence-corrected chi connectivity index (χ1v) is 6.15. The Balaban J connectivity index is 2.11. The lowest BCUT2D eigenvalue weighted by Gasteiger charge is -2.15. The number of amides is 1. The Kier molecular flexibility index (Phi) is 3.80. The van der Waals surface area contributed by atoms with Crippen molar-refractivity contribution in [2.24, 2.45) is 0 Å². The fourth-order valence-corrected chi connectivity index (χ4v) is 1.88. The van der Waals surface area contributed by atoms with Crippen LogP contribution in [0, 0.1) is 6.92 Å². The Bertz CT molecular complexity index is 595. The average molecular weight is 255 g/mol. The minimum Gasteiger partial charge on any atom is -0.399 e. The van der Waals surface area contributed by atoms with Crippen LogP contribution in [-0.4, -0.2) is 10.9 Å². The highest BCUT2D eigenvalue weighted by Crippen LogP contribution is 2.16. The first kappa shape index (κ1) is 13.1. The molecule has 1 atom stereocenters. The first-order valence-electron chi connectivity index (χ1n) is 6.15. The van der Waals surface area contributed by atoms with Crippen LogP contribution < -0.4 is 11.1 Å². The summed E-state index contributed by atoms with van der Waals surface area (Å²) in [6.45, 7) is 3.79. The summed E-state index contributed by atoms with van der Waals surface area (Å²) in [7, 11) is 0. The lowest BCUT2D eigenvalue weighted by Crippen LogP contribution is -2.26. The quantitative estimate of drug-likeness (QED) is 0.828. The predicted octanol–water partition coefficient (Wildman–Crippen LogP) is 2.46. The van der Waals surface area contributed by atoms with E-state index in [9.17, 15) is 4.79 Å². The van der Waals surface area contributed by atoms with E-state index in [1.165, 1.54) is 0 Å². The summed E-state index contributed by atoms with van der Waals surface area (Å²) in [5, 5.41) is 2.94. The molecule has 1 unspecified atom stereocenters. The third-order valence-corrected chi connectivity index (χ3v) is 2.92. The summed E-state index contributed by atoms with van der Waals surface area (Å²) in [4.78, 5) is 16.2. The molecule has 0 fully saturated rings. The molecule has 3 N–H and O–H groups in total. The third kappa shape index (κ3) is 3.31. The molecule has 1 heterocycles. The van der Waals surface area contributed by atoms with Crippen molar-refractivity contribution in [1.82, 2.24) is 10.3 Å². The Labute approximate surface area is 112 Å². The molecule has 1 aromatic heterocycles. The number of hydrogen-bond acceptors (Lipinski definition) is 3. The van der Waals surface area contributed by atoms with Gasteiger partial charge in [-0.2, -0.15) is 0 Å². The number of rotatable bonds is 3. The molecule has 0 aliphatic heterocycles. The molecular formula is C15H17N3O. The van der Waals surface area contributed by atoms with E-state index < -0.39 is 0 Å². The van der Waals surface area contributed by atoms with Gasteiger partial charge in [-0.1, -0.05) is 12.1 Å². The van der Waals surface area contributed by atoms with Gasteiger partial charge in [0.1, 0.15) is 0 Å².